The van der Waals surface area contributed by atoms with E-state index in [9.17, 15) is 4.79 Å². The number of carbonyl (C=O) groups is 1. The summed E-state index contributed by atoms with van der Waals surface area (Å²) < 4.78 is 10.8. The fourth-order valence-corrected chi connectivity index (χ4v) is 2.35. The summed E-state index contributed by atoms with van der Waals surface area (Å²) in [5.74, 6) is -0.424. The molecule has 1 aliphatic rings. The van der Waals surface area contributed by atoms with Gasteiger partial charge in [0.05, 0.1) is 18.9 Å². The topological polar surface area (TPSA) is 68.7 Å². The Kier molecular flexibility index (Phi) is 4.47. The van der Waals surface area contributed by atoms with Crippen molar-refractivity contribution in [3.05, 3.63) is 16.1 Å². The molecule has 0 bridgehead atoms. The van der Waals surface area contributed by atoms with E-state index in [-0.39, 0.29) is 5.01 Å². The van der Waals surface area contributed by atoms with Crippen LogP contribution in [0.5, 0.6) is 0 Å². The zero-order chi connectivity index (χ0) is 12.1. The SMILES string of the molecule is O=C(O)c1nc(COCC2CCOCC2)cs1. The van der Waals surface area contributed by atoms with Gasteiger partial charge < -0.3 is 14.6 Å². The van der Waals surface area contributed by atoms with Crippen molar-refractivity contribution in [1.29, 1.82) is 0 Å². The Morgan fingerprint density at radius 2 is 2.35 bits per heavy atom. The van der Waals surface area contributed by atoms with Crippen LogP contribution in [-0.4, -0.2) is 35.9 Å². The predicted molar refractivity (Wildman–Crippen MR) is 62.3 cm³/mol. The summed E-state index contributed by atoms with van der Waals surface area (Å²) in [6.07, 6.45) is 2.08. The molecular weight excluding hydrogens is 242 g/mol. The Morgan fingerprint density at radius 1 is 1.59 bits per heavy atom. The highest BCUT2D eigenvalue weighted by atomic mass is 32.1. The Morgan fingerprint density at radius 3 is 3.00 bits per heavy atom. The number of hydrogen-bond donors (Lipinski definition) is 1. The van der Waals surface area contributed by atoms with Crippen molar-refractivity contribution < 1.29 is 19.4 Å². The maximum atomic E-state index is 10.6. The highest BCUT2D eigenvalue weighted by Crippen LogP contribution is 2.16. The average Bonchev–Trinajstić information content (AvgIpc) is 2.79. The zero-order valence-corrected chi connectivity index (χ0v) is 10.2. The molecule has 0 spiro atoms. The molecule has 94 valence electrons. The molecule has 1 aliphatic heterocycles. The minimum atomic E-state index is -0.981. The predicted octanol–water partition coefficient (Wildman–Crippen LogP) is 1.78. The van der Waals surface area contributed by atoms with Crippen LogP contribution in [0.2, 0.25) is 0 Å². The molecule has 1 saturated heterocycles. The zero-order valence-electron chi connectivity index (χ0n) is 9.42. The van der Waals surface area contributed by atoms with Crippen LogP contribution in [0, 0.1) is 5.92 Å². The number of carboxylic acid groups (broad SMARTS) is 1. The van der Waals surface area contributed by atoms with Gasteiger partial charge in [-0.05, 0) is 18.8 Å². The van der Waals surface area contributed by atoms with Gasteiger partial charge >= 0.3 is 5.97 Å². The van der Waals surface area contributed by atoms with Crippen molar-refractivity contribution >= 4 is 17.3 Å². The largest absolute Gasteiger partial charge is 0.476 e. The maximum absolute atomic E-state index is 10.6. The molecule has 2 heterocycles. The third-order valence-corrected chi connectivity index (χ3v) is 3.56. The monoisotopic (exact) mass is 257 g/mol. The summed E-state index contributed by atoms with van der Waals surface area (Å²) in [4.78, 5) is 14.6. The highest BCUT2D eigenvalue weighted by molar-refractivity contribution is 7.11. The highest BCUT2D eigenvalue weighted by Gasteiger charge is 2.14. The van der Waals surface area contributed by atoms with Gasteiger partial charge in [-0.25, -0.2) is 9.78 Å². The van der Waals surface area contributed by atoms with Crippen LogP contribution in [-0.2, 0) is 16.1 Å². The molecule has 0 aliphatic carbocycles. The number of aromatic nitrogens is 1. The van der Waals surface area contributed by atoms with Crippen molar-refractivity contribution in [1.82, 2.24) is 4.98 Å². The number of thiazole rings is 1. The first kappa shape index (κ1) is 12.5. The normalized spacial score (nSPS) is 17.2. The molecular formula is C11H15NO4S. The summed E-state index contributed by atoms with van der Waals surface area (Å²) in [6.45, 7) is 2.71. The molecule has 0 aromatic carbocycles. The van der Waals surface area contributed by atoms with Crippen molar-refractivity contribution in [3.63, 3.8) is 0 Å². The van der Waals surface area contributed by atoms with Gasteiger partial charge in [0.15, 0.2) is 0 Å². The average molecular weight is 257 g/mol. The number of nitrogens with zero attached hydrogens (tertiary/aromatic N) is 1. The Bertz CT molecular complexity index is 373. The minimum Gasteiger partial charge on any atom is -0.476 e. The lowest BCUT2D eigenvalue weighted by molar-refractivity contribution is 0.0151. The lowest BCUT2D eigenvalue weighted by Gasteiger charge is -2.21. The van der Waals surface area contributed by atoms with Crippen LogP contribution in [0.3, 0.4) is 0 Å². The fraction of sp³-hybridized carbons (Fsp3) is 0.636. The molecule has 1 aromatic heterocycles. The Hall–Kier alpha value is -0.980. The van der Waals surface area contributed by atoms with Gasteiger partial charge in [-0.15, -0.1) is 11.3 Å². The van der Waals surface area contributed by atoms with Crippen LogP contribution in [0.1, 0.15) is 28.3 Å². The summed E-state index contributed by atoms with van der Waals surface area (Å²) in [5.41, 5.74) is 0.694. The molecule has 17 heavy (non-hydrogen) atoms. The van der Waals surface area contributed by atoms with Crippen LogP contribution >= 0.6 is 11.3 Å². The molecule has 0 saturated carbocycles. The number of aromatic carboxylic acids is 1. The number of ether oxygens (including phenoxy) is 2. The molecule has 1 fully saturated rings. The Balaban J connectivity index is 1.71. The smallest absolute Gasteiger partial charge is 0.365 e. The van der Waals surface area contributed by atoms with E-state index in [1.165, 1.54) is 0 Å². The second-order valence-electron chi connectivity index (χ2n) is 4.02. The van der Waals surface area contributed by atoms with Gasteiger partial charge in [-0.1, -0.05) is 0 Å². The van der Waals surface area contributed by atoms with Crippen LogP contribution < -0.4 is 0 Å². The lowest BCUT2D eigenvalue weighted by atomic mass is 10.0. The third kappa shape index (κ3) is 3.76. The van der Waals surface area contributed by atoms with E-state index < -0.39 is 5.97 Å². The molecule has 1 aromatic rings. The number of carboxylic acids is 1. The first-order valence-electron chi connectivity index (χ1n) is 5.59. The fourth-order valence-electron chi connectivity index (χ4n) is 1.71. The summed E-state index contributed by atoms with van der Waals surface area (Å²) >= 11 is 1.13. The molecule has 6 heteroatoms. The standard InChI is InChI=1S/C11H15NO4S/c13-11(14)10-12-9(7-17-10)6-16-5-8-1-3-15-4-2-8/h7-8H,1-6H2,(H,13,14). The first-order valence-corrected chi connectivity index (χ1v) is 6.47. The maximum Gasteiger partial charge on any atom is 0.365 e. The van der Waals surface area contributed by atoms with Gasteiger partial charge in [0.25, 0.3) is 0 Å². The van der Waals surface area contributed by atoms with Crippen molar-refractivity contribution in [2.75, 3.05) is 19.8 Å². The summed E-state index contributed by atoms with van der Waals surface area (Å²) in [6, 6.07) is 0. The molecule has 0 unspecified atom stereocenters. The van der Waals surface area contributed by atoms with E-state index in [4.69, 9.17) is 14.6 Å². The summed E-state index contributed by atoms with van der Waals surface area (Å²) in [7, 11) is 0. The lowest BCUT2D eigenvalue weighted by Crippen LogP contribution is -2.20. The van der Waals surface area contributed by atoms with E-state index in [1.807, 2.05) is 0 Å². The van der Waals surface area contributed by atoms with Gasteiger partial charge in [0.2, 0.25) is 5.01 Å². The number of hydrogen-bond acceptors (Lipinski definition) is 5. The minimum absolute atomic E-state index is 0.120. The van der Waals surface area contributed by atoms with E-state index in [0.717, 1.165) is 37.4 Å². The molecule has 2 rings (SSSR count). The molecule has 5 nitrogen and oxygen atoms in total. The van der Waals surface area contributed by atoms with Crippen LogP contribution in [0.4, 0.5) is 0 Å². The van der Waals surface area contributed by atoms with Crippen LogP contribution in [0.15, 0.2) is 5.38 Å². The molecule has 0 radical (unpaired) electrons. The number of rotatable bonds is 5. The molecule has 0 amide bonds. The second kappa shape index (κ2) is 6.09. The van der Waals surface area contributed by atoms with E-state index >= 15 is 0 Å². The first-order chi connectivity index (χ1) is 8.25. The van der Waals surface area contributed by atoms with Crippen molar-refractivity contribution in [2.45, 2.75) is 19.4 Å². The van der Waals surface area contributed by atoms with E-state index in [0.29, 0.717) is 24.8 Å². The third-order valence-electron chi connectivity index (χ3n) is 2.68. The van der Waals surface area contributed by atoms with Gasteiger partial charge in [-0.3, -0.25) is 0 Å². The van der Waals surface area contributed by atoms with Gasteiger partial charge in [0.1, 0.15) is 0 Å². The van der Waals surface area contributed by atoms with Crippen LogP contribution in [0.25, 0.3) is 0 Å². The Labute approximate surface area is 103 Å². The van der Waals surface area contributed by atoms with E-state index in [2.05, 4.69) is 4.98 Å². The van der Waals surface area contributed by atoms with Gasteiger partial charge in [0, 0.05) is 18.6 Å². The second-order valence-corrected chi connectivity index (χ2v) is 4.88. The molecule has 0 atom stereocenters. The molecule has 1 N–H and O–H groups in total. The van der Waals surface area contributed by atoms with E-state index in [1.54, 1.807) is 5.38 Å². The summed E-state index contributed by atoms with van der Waals surface area (Å²) in [5, 5.41) is 10.6. The quantitative estimate of drug-likeness (QED) is 0.870. The van der Waals surface area contributed by atoms with Gasteiger partial charge in [-0.2, -0.15) is 0 Å². The van der Waals surface area contributed by atoms with Crippen molar-refractivity contribution in [3.8, 4) is 0 Å². The van der Waals surface area contributed by atoms with Crippen molar-refractivity contribution in [2.24, 2.45) is 5.92 Å².